The van der Waals surface area contributed by atoms with Gasteiger partial charge < -0.3 is 15.7 Å². The minimum absolute atomic E-state index is 0. The van der Waals surface area contributed by atoms with Gasteiger partial charge in [0.25, 0.3) is 5.91 Å². The summed E-state index contributed by atoms with van der Waals surface area (Å²) in [5.74, 6) is 1.43. The van der Waals surface area contributed by atoms with Gasteiger partial charge in [0.1, 0.15) is 5.82 Å². The number of nitrogens with zero attached hydrogens (tertiary/aromatic N) is 2. The normalized spacial score (nSPS) is 26.7. The molecule has 4 rings (SSSR count). The molecule has 2 aromatic rings. The number of amides is 1. The second-order valence-corrected chi connectivity index (χ2v) is 7.34. The van der Waals surface area contributed by atoms with Crippen LogP contribution in [-0.2, 0) is 0 Å². The highest BCUT2D eigenvalue weighted by molar-refractivity contribution is 5.99. The van der Waals surface area contributed by atoms with Crippen molar-refractivity contribution in [2.45, 2.75) is 31.9 Å². The third-order valence-corrected chi connectivity index (χ3v) is 5.56. The van der Waals surface area contributed by atoms with E-state index in [1.165, 1.54) is 0 Å². The first-order valence-electron chi connectivity index (χ1n) is 9.20. The Hall–Kier alpha value is -2.02. The minimum atomic E-state index is -0.508. The molecule has 1 aliphatic carbocycles. The van der Waals surface area contributed by atoms with Crippen molar-refractivity contribution in [1.82, 2.24) is 20.6 Å². The second kappa shape index (κ2) is 8.33. The van der Waals surface area contributed by atoms with E-state index in [-0.39, 0.29) is 24.4 Å². The summed E-state index contributed by atoms with van der Waals surface area (Å²) in [6.45, 7) is 3.74. The van der Waals surface area contributed by atoms with E-state index in [1.807, 2.05) is 37.3 Å². The third-order valence-electron chi connectivity index (χ3n) is 5.56. The lowest BCUT2D eigenvalue weighted by molar-refractivity contribution is 0.0462. The van der Waals surface area contributed by atoms with Gasteiger partial charge in [-0.25, -0.2) is 9.97 Å². The van der Waals surface area contributed by atoms with Gasteiger partial charge in [0.05, 0.1) is 23.4 Å². The van der Waals surface area contributed by atoms with Crippen molar-refractivity contribution >= 4 is 18.3 Å². The SMILES string of the molecule is Cc1ncc(C(=O)N[C@H]2C[C@H]3CNC[C@H]3C[C@@H]2O)c(-c2ccccc2)n1.Cl. The predicted molar refractivity (Wildman–Crippen MR) is 106 cm³/mol. The average molecular weight is 389 g/mol. The van der Waals surface area contributed by atoms with E-state index in [0.717, 1.165) is 31.5 Å². The number of benzene rings is 1. The van der Waals surface area contributed by atoms with Crippen LogP contribution < -0.4 is 10.6 Å². The van der Waals surface area contributed by atoms with E-state index in [4.69, 9.17) is 0 Å². The maximum atomic E-state index is 12.9. The van der Waals surface area contributed by atoms with Crippen LogP contribution in [0, 0.1) is 18.8 Å². The summed E-state index contributed by atoms with van der Waals surface area (Å²) in [4.78, 5) is 21.6. The van der Waals surface area contributed by atoms with Crippen LogP contribution in [-0.4, -0.2) is 46.2 Å². The molecule has 144 valence electrons. The molecule has 1 saturated heterocycles. The van der Waals surface area contributed by atoms with Gasteiger partial charge in [0, 0.05) is 11.8 Å². The minimum Gasteiger partial charge on any atom is -0.391 e. The number of aliphatic hydroxyl groups excluding tert-OH is 1. The Labute approximate surface area is 165 Å². The van der Waals surface area contributed by atoms with Crippen molar-refractivity contribution in [3.05, 3.63) is 47.9 Å². The molecule has 0 unspecified atom stereocenters. The lowest BCUT2D eigenvalue weighted by atomic mass is 9.77. The zero-order valence-electron chi connectivity index (χ0n) is 15.3. The Morgan fingerprint density at radius 1 is 1.19 bits per heavy atom. The Morgan fingerprint density at radius 3 is 2.63 bits per heavy atom. The first kappa shape index (κ1) is 19.7. The number of hydrogen-bond donors (Lipinski definition) is 3. The van der Waals surface area contributed by atoms with Crippen LogP contribution in [0.2, 0.25) is 0 Å². The summed E-state index contributed by atoms with van der Waals surface area (Å²) in [6.07, 6.45) is 2.61. The number of nitrogens with one attached hydrogen (secondary N) is 2. The Kier molecular flexibility index (Phi) is 6.09. The summed E-state index contributed by atoms with van der Waals surface area (Å²) < 4.78 is 0. The van der Waals surface area contributed by atoms with Gasteiger partial charge in [0.15, 0.2) is 0 Å². The molecule has 0 bridgehead atoms. The molecule has 4 atom stereocenters. The number of aryl methyl sites for hydroxylation is 1. The topological polar surface area (TPSA) is 87.1 Å². The van der Waals surface area contributed by atoms with E-state index in [9.17, 15) is 9.90 Å². The van der Waals surface area contributed by atoms with Crippen LogP contribution in [0.3, 0.4) is 0 Å². The molecule has 27 heavy (non-hydrogen) atoms. The van der Waals surface area contributed by atoms with Gasteiger partial charge in [-0.15, -0.1) is 12.4 Å². The summed E-state index contributed by atoms with van der Waals surface area (Å²) in [5, 5.41) is 16.9. The third kappa shape index (κ3) is 4.13. The van der Waals surface area contributed by atoms with Crippen LogP contribution in [0.15, 0.2) is 36.5 Å². The fraction of sp³-hybridized carbons (Fsp3) is 0.450. The quantitative estimate of drug-likeness (QED) is 0.748. The fourth-order valence-electron chi connectivity index (χ4n) is 4.15. The molecule has 1 amide bonds. The van der Waals surface area contributed by atoms with Gasteiger partial charge in [-0.3, -0.25) is 4.79 Å². The first-order valence-corrected chi connectivity index (χ1v) is 9.20. The maximum absolute atomic E-state index is 12.9. The largest absolute Gasteiger partial charge is 0.391 e. The van der Waals surface area contributed by atoms with Crippen LogP contribution >= 0.6 is 12.4 Å². The van der Waals surface area contributed by atoms with Crippen molar-refractivity contribution in [2.24, 2.45) is 11.8 Å². The highest BCUT2D eigenvalue weighted by atomic mass is 35.5. The maximum Gasteiger partial charge on any atom is 0.255 e. The number of aromatic nitrogens is 2. The van der Waals surface area contributed by atoms with Crippen LogP contribution in [0.4, 0.5) is 0 Å². The van der Waals surface area contributed by atoms with Crippen LogP contribution in [0.25, 0.3) is 11.3 Å². The monoisotopic (exact) mass is 388 g/mol. The van der Waals surface area contributed by atoms with Gasteiger partial charge in [0.2, 0.25) is 0 Å². The van der Waals surface area contributed by atoms with E-state index in [0.29, 0.717) is 28.9 Å². The van der Waals surface area contributed by atoms with Crippen molar-refractivity contribution in [3.8, 4) is 11.3 Å². The lowest BCUT2D eigenvalue weighted by Gasteiger charge is -2.35. The zero-order chi connectivity index (χ0) is 18.1. The van der Waals surface area contributed by atoms with Crippen LogP contribution in [0.5, 0.6) is 0 Å². The standard InChI is InChI=1S/C20H24N4O2.ClH/c1-12-22-11-16(19(23-12)13-5-3-2-4-6-13)20(26)24-17-7-14-9-21-10-15(14)8-18(17)25;/h2-6,11,14-15,17-18,21,25H,7-10H2,1H3,(H,24,26);1H/t14-,15+,17-,18-;/m0./s1. The molecule has 2 heterocycles. The molecule has 3 N–H and O–H groups in total. The summed E-state index contributed by atoms with van der Waals surface area (Å²) >= 11 is 0. The zero-order valence-corrected chi connectivity index (χ0v) is 16.1. The number of carbonyl (C=O) groups is 1. The summed E-state index contributed by atoms with van der Waals surface area (Å²) in [7, 11) is 0. The molecule has 7 heteroatoms. The Balaban J connectivity index is 0.00000210. The fourth-order valence-corrected chi connectivity index (χ4v) is 4.15. The van der Waals surface area contributed by atoms with Crippen molar-refractivity contribution in [1.29, 1.82) is 0 Å². The van der Waals surface area contributed by atoms with E-state index in [1.54, 1.807) is 6.20 Å². The van der Waals surface area contributed by atoms with Gasteiger partial charge in [-0.1, -0.05) is 30.3 Å². The number of rotatable bonds is 3. The second-order valence-electron chi connectivity index (χ2n) is 7.34. The highest BCUT2D eigenvalue weighted by Gasteiger charge is 2.39. The number of halogens is 1. The predicted octanol–water partition coefficient (Wildman–Crippen LogP) is 1.96. The molecule has 1 aliphatic heterocycles. The number of fused-ring (bicyclic) bond motifs is 1. The van der Waals surface area contributed by atoms with Crippen LogP contribution in [0.1, 0.15) is 29.0 Å². The summed E-state index contributed by atoms with van der Waals surface area (Å²) in [6, 6.07) is 9.42. The van der Waals surface area contributed by atoms with Crippen molar-refractivity contribution < 1.29 is 9.90 Å². The van der Waals surface area contributed by atoms with E-state index >= 15 is 0 Å². The highest BCUT2D eigenvalue weighted by Crippen LogP contribution is 2.33. The molecule has 0 radical (unpaired) electrons. The molecule has 1 aromatic carbocycles. The molecule has 1 saturated carbocycles. The number of hydrogen-bond acceptors (Lipinski definition) is 5. The molecular weight excluding hydrogens is 364 g/mol. The average Bonchev–Trinajstić information content (AvgIpc) is 3.09. The molecule has 0 spiro atoms. The van der Waals surface area contributed by atoms with Crippen molar-refractivity contribution in [3.63, 3.8) is 0 Å². The number of carbonyl (C=O) groups excluding carboxylic acids is 1. The Bertz CT molecular complexity index is 802. The Morgan fingerprint density at radius 2 is 1.89 bits per heavy atom. The van der Waals surface area contributed by atoms with Gasteiger partial charge in [-0.2, -0.15) is 0 Å². The van der Waals surface area contributed by atoms with Gasteiger partial charge >= 0.3 is 0 Å². The smallest absolute Gasteiger partial charge is 0.255 e. The lowest BCUT2D eigenvalue weighted by Crippen LogP contribution is -2.49. The van der Waals surface area contributed by atoms with Gasteiger partial charge in [-0.05, 0) is 44.7 Å². The summed E-state index contributed by atoms with van der Waals surface area (Å²) in [5.41, 5.74) is 1.95. The molecule has 6 nitrogen and oxygen atoms in total. The molecule has 1 aromatic heterocycles. The number of aliphatic hydroxyl groups is 1. The van der Waals surface area contributed by atoms with Crippen molar-refractivity contribution in [2.75, 3.05) is 13.1 Å². The van der Waals surface area contributed by atoms with E-state index in [2.05, 4.69) is 20.6 Å². The molecular formula is C20H25ClN4O2. The first-order chi connectivity index (χ1) is 12.6. The van der Waals surface area contributed by atoms with E-state index < -0.39 is 6.10 Å². The molecule has 2 fully saturated rings. The molecule has 2 aliphatic rings.